The van der Waals surface area contributed by atoms with E-state index in [9.17, 15) is 0 Å². The Labute approximate surface area is 88.5 Å². The molecule has 0 radical (unpaired) electrons. The molecule has 0 amide bonds. The Balaban J connectivity index is 2.06. The fourth-order valence-corrected chi connectivity index (χ4v) is 1.67. The highest BCUT2D eigenvalue weighted by Crippen LogP contribution is 2.08. The van der Waals surface area contributed by atoms with Gasteiger partial charge in [0.2, 0.25) is 0 Å². The first kappa shape index (κ1) is 10.8. The molecule has 1 aromatic heterocycles. The van der Waals surface area contributed by atoms with Crippen LogP contribution in [-0.4, -0.2) is 9.78 Å². The Morgan fingerprint density at radius 2 is 2.08 bits per heavy atom. The van der Waals surface area contributed by atoms with Crippen molar-refractivity contribution >= 4 is 15.9 Å². The van der Waals surface area contributed by atoms with Gasteiger partial charge in [0.15, 0.2) is 0 Å². The Kier molecular flexibility index (Phi) is 5.13. The van der Waals surface area contributed by atoms with Gasteiger partial charge in [-0.3, -0.25) is 4.68 Å². The summed E-state index contributed by atoms with van der Waals surface area (Å²) in [6.07, 6.45) is 10.5. The highest BCUT2D eigenvalue weighted by molar-refractivity contribution is 9.10. The van der Waals surface area contributed by atoms with Gasteiger partial charge < -0.3 is 0 Å². The zero-order valence-electron chi connectivity index (χ0n) is 8.17. The molecule has 0 saturated carbocycles. The Hall–Kier alpha value is -0.310. The van der Waals surface area contributed by atoms with Gasteiger partial charge in [0.05, 0.1) is 10.7 Å². The van der Waals surface area contributed by atoms with E-state index in [0.717, 1.165) is 11.0 Å². The van der Waals surface area contributed by atoms with E-state index >= 15 is 0 Å². The fraction of sp³-hybridized carbons (Fsp3) is 0.700. The maximum absolute atomic E-state index is 4.20. The van der Waals surface area contributed by atoms with Gasteiger partial charge in [0.25, 0.3) is 0 Å². The zero-order chi connectivity index (χ0) is 9.52. The zero-order valence-corrected chi connectivity index (χ0v) is 9.76. The van der Waals surface area contributed by atoms with Crippen LogP contribution < -0.4 is 0 Å². The summed E-state index contributed by atoms with van der Waals surface area (Å²) in [7, 11) is 0. The number of hydrogen-bond donors (Lipinski definition) is 0. The third-order valence-corrected chi connectivity index (χ3v) is 2.50. The first-order chi connectivity index (χ1) is 6.33. The molecule has 0 aliphatic heterocycles. The van der Waals surface area contributed by atoms with E-state index in [4.69, 9.17) is 0 Å². The van der Waals surface area contributed by atoms with Crippen molar-refractivity contribution < 1.29 is 0 Å². The summed E-state index contributed by atoms with van der Waals surface area (Å²) in [5.74, 6) is 0. The van der Waals surface area contributed by atoms with Crippen molar-refractivity contribution in [3.63, 3.8) is 0 Å². The molecule has 1 aromatic rings. The van der Waals surface area contributed by atoms with Gasteiger partial charge in [-0.15, -0.1) is 0 Å². The largest absolute Gasteiger partial charge is 0.272 e. The quantitative estimate of drug-likeness (QED) is 0.700. The number of aryl methyl sites for hydroxylation is 1. The highest BCUT2D eigenvalue weighted by Gasteiger charge is 1.94. The average Bonchev–Trinajstić information content (AvgIpc) is 2.51. The van der Waals surface area contributed by atoms with Crippen LogP contribution in [0.4, 0.5) is 0 Å². The lowest BCUT2D eigenvalue weighted by Gasteiger charge is -2.00. The lowest BCUT2D eigenvalue weighted by molar-refractivity contribution is 0.533. The van der Waals surface area contributed by atoms with Crippen molar-refractivity contribution in [3.8, 4) is 0 Å². The third-order valence-electron chi connectivity index (χ3n) is 2.09. The molecule has 0 spiro atoms. The van der Waals surface area contributed by atoms with Gasteiger partial charge >= 0.3 is 0 Å². The van der Waals surface area contributed by atoms with E-state index in [1.807, 2.05) is 17.1 Å². The fourth-order valence-electron chi connectivity index (χ4n) is 1.34. The van der Waals surface area contributed by atoms with Crippen LogP contribution in [0.5, 0.6) is 0 Å². The van der Waals surface area contributed by atoms with Gasteiger partial charge in [-0.2, -0.15) is 5.10 Å². The van der Waals surface area contributed by atoms with Gasteiger partial charge in [-0.25, -0.2) is 0 Å². The molecule has 2 nitrogen and oxygen atoms in total. The molecule has 0 N–H and O–H groups in total. The number of hydrogen-bond acceptors (Lipinski definition) is 1. The van der Waals surface area contributed by atoms with Crippen molar-refractivity contribution in [2.45, 2.75) is 45.6 Å². The molecule has 0 bridgehead atoms. The minimum absolute atomic E-state index is 1.05. The second-order valence-electron chi connectivity index (χ2n) is 3.34. The molecule has 0 atom stereocenters. The average molecular weight is 245 g/mol. The molecule has 0 fully saturated rings. The normalized spacial score (nSPS) is 10.6. The Morgan fingerprint density at radius 1 is 1.31 bits per heavy atom. The van der Waals surface area contributed by atoms with Crippen molar-refractivity contribution in [1.29, 1.82) is 0 Å². The van der Waals surface area contributed by atoms with E-state index in [1.165, 1.54) is 32.1 Å². The summed E-state index contributed by atoms with van der Waals surface area (Å²) in [5, 5.41) is 4.20. The number of aromatic nitrogens is 2. The second-order valence-corrected chi connectivity index (χ2v) is 4.25. The molecule has 1 heterocycles. The molecule has 1 rings (SSSR count). The molecule has 0 aliphatic rings. The summed E-state index contributed by atoms with van der Waals surface area (Å²) < 4.78 is 3.07. The van der Waals surface area contributed by atoms with Crippen LogP contribution in [-0.2, 0) is 6.54 Å². The number of nitrogens with zero attached hydrogens (tertiary/aromatic N) is 2. The number of rotatable bonds is 6. The van der Waals surface area contributed by atoms with Crippen molar-refractivity contribution in [2.24, 2.45) is 0 Å². The summed E-state index contributed by atoms with van der Waals surface area (Å²) in [6.45, 7) is 3.29. The van der Waals surface area contributed by atoms with E-state index in [1.54, 1.807) is 0 Å². The summed E-state index contributed by atoms with van der Waals surface area (Å²) in [5.41, 5.74) is 0. The van der Waals surface area contributed by atoms with Crippen LogP contribution >= 0.6 is 15.9 Å². The van der Waals surface area contributed by atoms with Crippen LogP contribution in [0.3, 0.4) is 0 Å². The first-order valence-electron chi connectivity index (χ1n) is 5.01. The molecule has 0 saturated heterocycles. The minimum Gasteiger partial charge on any atom is -0.272 e. The summed E-state index contributed by atoms with van der Waals surface area (Å²) in [4.78, 5) is 0. The van der Waals surface area contributed by atoms with Crippen LogP contribution in [0.15, 0.2) is 16.9 Å². The maximum atomic E-state index is 4.20. The second kappa shape index (κ2) is 6.19. The molecular weight excluding hydrogens is 228 g/mol. The lowest BCUT2D eigenvalue weighted by atomic mass is 10.1. The van der Waals surface area contributed by atoms with Crippen molar-refractivity contribution in [2.75, 3.05) is 0 Å². The molecule has 0 aromatic carbocycles. The third kappa shape index (κ3) is 4.46. The van der Waals surface area contributed by atoms with Crippen LogP contribution in [0.25, 0.3) is 0 Å². The molecule has 0 unspecified atom stereocenters. The Bertz CT molecular complexity index is 233. The van der Waals surface area contributed by atoms with Crippen LogP contribution in [0, 0.1) is 0 Å². The van der Waals surface area contributed by atoms with Gasteiger partial charge in [-0.1, -0.05) is 32.6 Å². The van der Waals surface area contributed by atoms with Crippen LogP contribution in [0.1, 0.15) is 39.0 Å². The van der Waals surface area contributed by atoms with Crippen LogP contribution in [0.2, 0.25) is 0 Å². The maximum Gasteiger partial charge on any atom is 0.0632 e. The molecule has 0 aliphatic carbocycles. The Morgan fingerprint density at radius 3 is 2.69 bits per heavy atom. The van der Waals surface area contributed by atoms with E-state index in [2.05, 4.69) is 28.0 Å². The number of unbranched alkanes of at least 4 members (excludes halogenated alkanes) is 4. The molecule has 3 heteroatoms. The minimum atomic E-state index is 1.05. The van der Waals surface area contributed by atoms with Crippen molar-refractivity contribution in [3.05, 3.63) is 16.9 Å². The molecule has 13 heavy (non-hydrogen) atoms. The topological polar surface area (TPSA) is 17.8 Å². The monoisotopic (exact) mass is 244 g/mol. The first-order valence-corrected chi connectivity index (χ1v) is 5.80. The van der Waals surface area contributed by atoms with E-state index < -0.39 is 0 Å². The highest BCUT2D eigenvalue weighted by atomic mass is 79.9. The SMILES string of the molecule is CCCCCCCn1cc(Br)cn1. The predicted molar refractivity (Wildman–Crippen MR) is 58.7 cm³/mol. The van der Waals surface area contributed by atoms with Crippen molar-refractivity contribution in [1.82, 2.24) is 9.78 Å². The number of halogens is 1. The summed E-state index contributed by atoms with van der Waals surface area (Å²) in [6, 6.07) is 0. The van der Waals surface area contributed by atoms with Gasteiger partial charge in [-0.05, 0) is 22.4 Å². The van der Waals surface area contributed by atoms with Gasteiger partial charge in [0.1, 0.15) is 0 Å². The lowest BCUT2D eigenvalue weighted by Crippen LogP contribution is -1.97. The standard InChI is InChI=1S/C10H17BrN2/c1-2-3-4-5-6-7-13-9-10(11)8-12-13/h8-9H,2-7H2,1H3. The van der Waals surface area contributed by atoms with Gasteiger partial charge in [0, 0.05) is 12.7 Å². The summed E-state index contributed by atoms with van der Waals surface area (Å²) >= 11 is 3.38. The molecule has 74 valence electrons. The van der Waals surface area contributed by atoms with E-state index in [-0.39, 0.29) is 0 Å². The van der Waals surface area contributed by atoms with E-state index in [0.29, 0.717) is 0 Å². The molecular formula is C10H17BrN2. The smallest absolute Gasteiger partial charge is 0.0632 e. The predicted octanol–water partition coefficient (Wildman–Crippen LogP) is 3.62.